The molecular formula is C22H45N5O16S. The molecule has 0 radical (unpaired) electrons. The van der Waals surface area contributed by atoms with Crippen molar-refractivity contribution in [2.24, 2.45) is 17.2 Å². The first kappa shape index (κ1) is 38.9. The fourth-order valence-electron chi connectivity index (χ4n) is 5.22. The highest BCUT2D eigenvalue weighted by Crippen LogP contribution is 2.32. The van der Waals surface area contributed by atoms with Gasteiger partial charge in [-0.2, -0.15) is 8.42 Å². The number of nitrogens with two attached hydrogens (primary N) is 3. The van der Waals surface area contributed by atoms with Crippen LogP contribution in [0, 0.1) is 0 Å². The zero-order chi connectivity index (χ0) is 33.7. The first-order valence-electron chi connectivity index (χ1n) is 13.5. The van der Waals surface area contributed by atoms with E-state index in [1.807, 2.05) is 0 Å². The number of hydrogen-bond donors (Lipinski definition) is 14. The number of nitrogens with one attached hydrogen (secondary N) is 2. The van der Waals surface area contributed by atoms with Crippen LogP contribution in [0.4, 0.5) is 0 Å². The zero-order valence-corrected chi connectivity index (χ0v) is 24.8. The van der Waals surface area contributed by atoms with Crippen molar-refractivity contribution in [1.29, 1.82) is 0 Å². The number of aliphatic hydroxyl groups is 7. The fraction of sp³-hybridized carbons (Fsp3) is 0.955. The molecule has 0 aromatic heterocycles. The molecule has 1 saturated carbocycles. The predicted molar refractivity (Wildman–Crippen MR) is 144 cm³/mol. The van der Waals surface area contributed by atoms with Gasteiger partial charge in [0, 0.05) is 19.1 Å². The second-order valence-corrected chi connectivity index (χ2v) is 11.8. The van der Waals surface area contributed by atoms with Crippen molar-refractivity contribution < 1.29 is 77.0 Å². The third-order valence-corrected chi connectivity index (χ3v) is 7.50. The standard InChI is InChI=1S/C22H43N5O12.H2O4S/c1-22(35)6-36-20(15(33)18(22)26-2)39-17-8(27-19(34)9(28)4-23)3-7(25)16(14(17)32)38-21-13(31)12(30)11(29)10(5-24)37-21;1-5(2,3)4/h7-18,20-21,26,28-33,35H,3-6,23-25H2,1-2H3,(H,27,34);(H2,1,2,3,4)/t7-,8+,9-,10-,11-,12+,13-,14-,15+,16+,17-,18+,20+,21-,22-;/m0./s1. The molecule has 0 bridgehead atoms. The maximum Gasteiger partial charge on any atom is 0.394 e. The maximum absolute atomic E-state index is 12.4. The fourth-order valence-corrected chi connectivity index (χ4v) is 5.22. The molecule has 22 heteroatoms. The summed E-state index contributed by atoms with van der Waals surface area (Å²) in [5.74, 6) is -0.857. The van der Waals surface area contributed by atoms with Crippen molar-refractivity contribution in [3.05, 3.63) is 0 Å². The van der Waals surface area contributed by atoms with Crippen molar-refractivity contribution in [2.75, 3.05) is 26.7 Å². The lowest BCUT2D eigenvalue weighted by molar-refractivity contribution is -0.330. The SMILES string of the molecule is CN[C@@H]1[C@@H](O)[C@@H](O[C@@H]2[C@@H](O)[C@H](O[C@@H]3O[C@@H](CN)[C@H](O)[C@@H](O)[C@@H]3O)[C@@H](N)C[C@H]2NC(=O)[C@@H](O)CN)OC[C@]1(C)O.O=S(=O)(O)O. The normalized spacial score (nSPS) is 43.8. The number of aliphatic hydroxyl groups excluding tert-OH is 6. The molecule has 44 heavy (non-hydrogen) atoms. The molecule has 21 nitrogen and oxygen atoms in total. The van der Waals surface area contributed by atoms with Crippen LogP contribution in [-0.4, -0.2) is 177 Å². The quantitative estimate of drug-likeness (QED) is 0.101. The van der Waals surface area contributed by atoms with E-state index in [0.29, 0.717) is 0 Å². The first-order chi connectivity index (χ1) is 20.3. The lowest BCUT2D eigenvalue weighted by Crippen LogP contribution is -2.70. The molecule has 0 spiro atoms. The van der Waals surface area contributed by atoms with Crippen LogP contribution in [0.5, 0.6) is 0 Å². The van der Waals surface area contributed by atoms with Crippen molar-refractivity contribution in [2.45, 2.75) is 105 Å². The van der Waals surface area contributed by atoms with E-state index in [2.05, 4.69) is 10.6 Å². The minimum atomic E-state index is -4.67. The Kier molecular flexibility index (Phi) is 14.2. The largest absolute Gasteiger partial charge is 0.394 e. The van der Waals surface area contributed by atoms with E-state index in [0.717, 1.165) is 0 Å². The summed E-state index contributed by atoms with van der Waals surface area (Å²) in [7, 11) is -3.14. The van der Waals surface area contributed by atoms with Crippen molar-refractivity contribution in [1.82, 2.24) is 10.6 Å². The second kappa shape index (κ2) is 16.0. The number of likely N-dealkylation sites (N-methyl/N-ethyl adjacent to an activating group) is 1. The van der Waals surface area contributed by atoms with Gasteiger partial charge in [0.15, 0.2) is 12.6 Å². The molecule has 1 aliphatic carbocycles. The van der Waals surface area contributed by atoms with Crippen LogP contribution < -0.4 is 27.8 Å². The highest BCUT2D eigenvalue weighted by Gasteiger charge is 2.53. The van der Waals surface area contributed by atoms with E-state index < -0.39 is 108 Å². The summed E-state index contributed by atoms with van der Waals surface area (Å²) in [5, 5.41) is 78.5. The Morgan fingerprint density at radius 2 is 1.57 bits per heavy atom. The first-order valence-corrected chi connectivity index (χ1v) is 14.9. The molecule has 3 rings (SSSR count). The van der Waals surface area contributed by atoms with Crippen LogP contribution in [0.3, 0.4) is 0 Å². The van der Waals surface area contributed by atoms with Crippen LogP contribution in [0.25, 0.3) is 0 Å². The lowest BCUT2D eigenvalue weighted by atomic mass is 9.83. The number of hydrogen-bond acceptors (Lipinski definition) is 18. The van der Waals surface area contributed by atoms with Gasteiger partial charge in [-0.15, -0.1) is 0 Å². The predicted octanol–water partition coefficient (Wildman–Crippen LogP) is -8.18. The number of amides is 1. The van der Waals surface area contributed by atoms with Gasteiger partial charge in [0.25, 0.3) is 0 Å². The molecule has 1 amide bonds. The number of carbonyl (C=O) groups excluding carboxylic acids is 1. The Hall–Kier alpha value is -1.26. The van der Waals surface area contributed by atoms with Crippen LogP contribution in [-0.2, 0) is 34.1 Å². The summed E-state index contributed by atoms with van der Waals surface area (Å²) in [6, 6.07) is -2.92. The highest BCUT2D eigenvalue weighted by atomic mass is 32.3. The van der Waals surface area contributed by atoms with Crippen LogP contribution >= 0.6 is 0 Å². The molecule has 3 fully saturated rings. The van der Waals surface area contributed by atoms with Crippen LogP contribution in [0.15, 0.2) is 0 Å². The van der Waals surface area contributed by atoms with Gasteiger partial charge in [-0.25, -0.2) is 0 Å². The summed E-state index contributed by atoms with van der Waals surface area (Å²) in [4.78, 5) is 12.4. The third kappa shape index (κ3) is 9.87. The van der Waals surface area contributed by atoms with E-state index in [-0.39, 0.29) is 26.1 Å². The second-order valence-electron chi connectivity index (χ2n) is 10.9. The van der Waals surface area contributed by atoms with Crippen molar-refractivity contribution in [3.63, 3.8) is 0 Å². The molecule has 2 heterocycles. The average Bonchev–Trinajstić information content (AvgIpc) is 2.92. The van der Waals surface area contributed by atoms with E-state index in [4.69, 9.17) is 53.7 Å². The molecule has 260 valence electrons. The van der Waals surface area contributed by atoms with E-state index >= 15 is 0 Å². The Bertz CT molecular complexity index is 1020. The van der Waals surface area contributed by atoms with Gasteiger partial charge in [-0.05, 0) is 20.4 Å². The summed E-state index contributed by atoms with van der Waals surface area (Å²) < 4.78 is 54.3. The zero-order valence-electron chi connectivity index (χ0n) is 23.9. The van der Waals surface area contributed by atoms with Crippen LogP contribution in [0.1, 0.15) is 13.3 Å². The maximum atomic E-state index is 12.4. The molecule has 0 aromatic carbocycles. The Morgan fingerprint density at radius 3 is 2.09 bits per heavy atom. The van der Waals surface area contributed by atoms with Gasteiger partial charge >= 0.3 is 10.4 Å². The Morgan fingerprint density at radius 1 is 1.00 bits per heavy atom. The summed E-state index contributed by atoms with van der Waals surface area (Å²) in [5.41, 5.74) is 15.8. The summed E-state index contributed by atoms with van der Waals surface area (Å²) >= 11 is 0. The van der Waals surface area contributed by atoms with E-state index in [9.17, 15) is 40.5 Å². The van der Waals surface area contributed by atoms with Gasteiger partial charge < -0.3 is 82.5 Å². The molecule has 3 aliphatic rings. The minimum absolute atomic E-state index is 0.0836. The van der Waals surface area contributed by atoms with E-state index in [1.165, 1.54) is 14.0 Å². The van der Waals surface area contributed by atoms with Crippen molar-refractivity contribution >= 4 is 16.3 Å². The average molecular weight is 668 g/mol. The van der Waals surface area contributed by atoms with Gasteiger partial charge in [-0.3, -0.25) is 13.9 Å². The molecule has 0 aromatic rings. The topological polar surface area (TPSA) is 372 Å². The molecule has 2 aliphatic heterocycles. The van der Waals surface area contributed by atoms with Gasteiger partial charge in [-0.1, -0.05) is 0 Å². The summed E-state index contributed by atoms with van der Waals surface area (Å²) in [6.07, 6.45) is -16.3. The highest BCUT2D eigenvalue weighted by molar-refractivity contribution is 7.79. The van der Waals surface area contributed by atoms with Crippen LogP contribution in [0.2, 0.25) is 0 Å². The molecular weight excluding hydrogens is 622 g/mol. The number of carbonyl (C=O) groups is 1. The molecule has 0 unspecified atom stereocenters. The third-order valence-electron chi connectivity index (χ3n) is 7.50. The molecule has 15 atom stereocenters. The van der Waals surface area contributed by atoms with E-state index in [1.54, 1.807) is 0 Å². The van der Waals surface area contributed by atoms with Crippen molar-refractivity contribution in [3.8, 4) is 0 Å². The monoisotopic (exact) mass is 667 g/mol. The minimum Gasteiger partial charge on any atom is -0.388 e. The molecule has 17 N–H and O–H groups in total. The molecule has 2 saturated heterocycles. The Balaban J connectivity index is 0.00000125. The Labute approximate surface area is 252 Å². The smallest absolute Gasteiger partial charge is 0.388 e. The van der Waals surface area contributed by atoms with Gasteiger partial charge in [0.1, 0.15) is 60.5 Å². The summed E-state index contributed by atoms with van der Waals surface area (Å²) in [6.45, 7) is 0.634. The number of ether oxygens (including phenoxy) is 4. The lowest BCUT2D eigenvalue weighted by Gasteiger charge is -2.49. The van der Waals surface area contributed by atoms with Gasteiger partial charge in [0.05, 0.1) is 18.7 Å². The van der Waals surface area contributed by atoms with Gasteiger partial charge in [0.2, 0.25) is 5.91 Å². The number of rotatable bonds is 9.